The van der Waals surface area contributed by atoms with Crippen LogP contribution in [-0.4, -0.2) is 53.2 Å². The first kappa shape index (κ1) is 22.5. The van der Waals surface area contributed by atoms with Crippen LogP contribution in [0.4, 0.5) is 4.39 Å². The van der Waals surface area contributed by atoms with Crippen LogP contribution in [0.2, 0.25) is 0 Å². The summed E-state index contributed by atoms with van der Waals surface area (Å²) in [6, 6.07) is 6.28. The molecule has 1 unspecified atom stereocenters. The molecule has 162 valence electrons. The van der Waals surface area contributed by atoms with Gasteiger partial charge in [0.05, 0.1) is 11.4 Å². The van der Waals surface area contributed by atoms with Gasteiger partial charge in [-0.25, -0.2) is 9.07 Å². The molecule has 4 rings (SSSR count). The summed E-state index contributed by atoms with van der Waals surface area (Å²) in [6.07, 6.45) is 4.68. The van der Waals surface area contributed by atoms with Crippen molar-refractivity contribution >= 4 is 35.8 Å². The van der Waals surface area contributed by atoms with Crippen molar-refractivity contribution in [3.05, 3.63) is 47.5 Å². The van der Waals surface area contributed by atoms with E-state index in [2.05, 4.69) is 25.6 Å². The van der Waals surface area contributed by atoms with Gasteiger partial charge in [-0.1, -0.05) is 0 Å². The van der Waals surface area contributed by atoms with E-state index >= 15 is 0 Å². The number of amides is 1. The molecule has 2 N–H and O–H groups in total. The Kier molecular flexibility index (Phi) is 6.99. The van der Waals surface area contributed by atoms with Gasteiger partial charge < -0.3 is 15.5 Å². The van der Waals surface area contributed by atoms with Crippen LogP contribution in [0.5, 0.6) is 0 Å². The highest BCUT2D eigenvalue weighted by atomic mass is 127. The molecule has 2 fully saturated rings. The number of aliphatic imine (C=N–C) groups is 1. The monoisotopic (exact) mass is 526 g/mol. The number of halogens is 2. The maximum Gasteiger partial charge on any atom is 0.220 e. The van der Waals surface area contributed by atoms with E-state index in [1.165, 1.54) is 12.1 Å². The van der Waals surface area contributed by atoms with Crippen molar-refractivity contribution in [3.8, 4) is 5.69 Å². The van der Waals surface area contributed by atoms with Gasteiger partial charge >= 0.3 is 0 Å². The number of hydrogen-bond acceptors (Lipinski definition) is 3. The van der Waals surface area contributed by atoms with Crippen LogP contribution < -0.4 is 10.6 Å². The maximum atomic E-state index is 13.2. The topological polar surface area (TPSA) is 74.6 Å². The lowest BCUT2D eigenvalue weighted by Gasteiger charge is -2.40. The van der Waals surface area contributed by atoms with Crippen molar-refractivity contribution in [1.29, 1.82) is 0 Å². The summed E-state index contributed by atoms with van der Waals surface area (Å²) in [5.41, 5.74) is 2.82. The molecule has 0 aliphatic carbocycles. The molecular weight excluding hydrogens is 498 g/mol. The number of benzene rings is 1. The molecule has 1 spiro atoms. The fraction of sp³-hybridized carbons (Fsp3) is 0.476. The Bertz CT molecular complexity index is 928. The number of likely N-dealkylation sites (tertiary alicyclic amines) is 1. The van der Waals surface area contributed by atoms with Crippen LogP contribution in [0.25, 0.3) is 5.69 Å². The number of carbonyl (C=O) groups excluding carboxylic acids is 1. The third kappa shape index (κ3) is 4.76. The van der Waals surface area contributed by atoms with E-state index in [1.54, 1.807) is 23.9 Å². The number of aromatic nitrogens is 2. The van der Waals surface area contributed by atoms with Gasteiger partial charge in [-0.3, -0.25) is 9.79 Å². The zero-order valence-electron chi connectivity index (χ0n) is 17.3. The molecule has 3 heterocycles. The van der Waals surface area contributed by atoms with E-state index in [-0.39, 0.29) is 41.1 Å². The van der Waals surface area contributed by atoms with Crippen LogP contribution in [-0.2, 0) is 11.3 Å². The summed E-state index contributed by atoms with van der Waals surface area (Å²) in [5, 5.41) is 11.0. The smallest absolute Gasteiger partial charge is 0.220 e. The molecule has 1 atom stereocenters. The number of aryl methyl sites for hydroxylation is 1. The lowest BCUT2D eigenvalue weighted by Crippen LogP contribution is -2.51. The first-order valence-electron chi connectivity index (χ1n) is 10.0. The normalized spacial score (nSPS) is 21.5. The van der Waals surface area contributed by atoms with Gasteiger partial charge in [-0.2, -0.15) is 5.10 Å². The van der Waals surface area contributed by atoms with E-state index in [0.717, 1.165) is 55.4 Å². The van der Waals surface area contributed by atoms with Crippen molar-refractivity contribution in [2.24, 2.45) is 10.4 Å². The quantitative estimate of drug-likeness (QED) is 0.367. The van der Waals surface area contributed by atoms with Gasteiger partial charge in [0.15, 0.2) is 5.96 Å². The number of guanidine groups is 1. The Morgan fingerprint density at radius 2 is 2.13 bits per heavy atom. The Morgan fingerprint density at radius 1 is 1.37 bits per heavy atom. The van der Waals surface area contributed by atoms with E-state index in [0.29, 0.717) is 13.0 Å². The highest BCUT2D eigenvalue weighted by Gasteiger charge is 2.42. The summed E-state index contributed by atoms with van der Waals surface area (Å²) in [7, 11) is 1.79. The van der Waals surface area contributed by atoms with Crippen molar-refractivity contribution in [1.82, 2.24) is 25.3 Å². The molecule has 2 aliphatic rings. The summed E-state index contributed by atoms with van der Waals surface area (Å²) >= 11 is 0. The predicted molar refractivity (Wildman–Crippen MR) is 125 cm³/mol. The van der Waals surface area contributed by atoms with Crippen molar-refractivity contribution in [2.75, 3.05) is 26.7 Å². The number of hydrogen-bond donors (Lipinski definition) is 2. The molecule has 0 saturated carbocycles. The Hall–Kier alpha value is -2.17. The number of rotatable bonds is 3. The largest absolute Gasteiger partial charge is 0.355 e. The standard InChI is InChI=1S/C21H27FN6O.HI/c1-15-16(12-28(26-15)18-6-4-17(22)5-7-18)11-24-20(23-2)27-9-3-8-21(14-27)10-19(29)25-13-21;/h4-7,12H,3,8-11,13-14H2,1-2H3,(H,23,24)(H,25,29);1H. The van der Waals surface area contributed by atoms with Crippen LogP contribution in [0.3, 0.4) is 0 Å². The molecular formula is C21H28FIN6O. The van der Waals surface area contributed by atoms with Gasteiger partial charge in [0.25, 0.3) is 0 Å². The van der Waals surface area contributed by atoms with Crippen molar-refractivity contribution in [3.63, 3.8) is 0 Å². The molecule has 0 radical (unpaired) electrons. The molecule has 2 aliphatic heterocycles. The fourth-order valence-corrected chi connectivity index (χ4v) is 4.33. The lowest BCUT2D eigenvalue weighted by atomic mass is 9.79. The first-order chi connectivity index (χ1) is 14.0. The molecule has 7 nitrogen and oxygen atoms in total. The molecule has 2 saturated heterocycles. The lowest BCUT2D eigenvalue weighted by molar-refractivity contribution is -0.119. The van der Waals surface area contributed by atoms with Crippen LogP contribution in [0, 0.1) is 18.2 Å². The minimum Gasteiger partial charge on any atom is -0.355 e. The SMILES string of the molecule is CN=C(NCc1cn(-c2ccc(F)cc2)nc1C)N1CCCC2(CNC(=O)C2)C1.I. The molecule has 2 aromatic rings. The second kappa shape index (κ2) is 9.32. The van der Waals surface area contributed by atoms with E-state index < -0.39 is 0 Å². The van der Waals surface area contributed by atoms with Crippen LogP contribution in [0.1, 0.15) is 30.5 Å². The van der Waals surface area contributed by atoms with E-state index in [1.807, 2.05) is 13.1 Å². The molecule has 1 aromatic carbocycles. The van der Waals surface area contributed by atoms with Gasteiger partial charge in [0, 0.05) is 56.8 Å². The van der Waals surface area contributed by atoms with Gasteiger partial charge in [0.1, 0.15) is 5.82 Å². The first-order valence-corrected chi connectivity index (χ1v) is 10.0. The fourth-order valence-electron chi connectivity index (χ4n) is 4.33. The Balaban J connectivity index is 0.00000256. The number of nitrogens with zero attached hydrogens (tertiary/aromatic N) is 4. The Labute approximate surface area is 193 Å². The van der Waals surface area contributed by atoms with Crippen LogP contribution in [0.15, 0.2) is 35.5 Å². The third-order valence-corrected chi connectivity index (χ3v) is 5.90. The second-order valence-electron chi connectivity index (χ2n) is 8.04. The Morgan fingerprint density at radius 3 is 2.80 bits per heavy atom. The molecule has 1 amide bonds. The number of piperidine rings is 1. The minimum absolute atomic E-state index is 0. The van der Waals surface area contributed by atoms with Gasteiger partial charge in [-0.05, 0) is 44.0 Å². The summed E-state index contributed by atoms with van der Waals surface area (Å²) < 4.78 is 14.9. The van der Waals surface area contributed by atoms with Gasteiger partial charge in [0.2, 0.25) is 5.91 Å². The summed E-state index contributed by atoms with van der Waals surface area (Å²) in [6.45, 7) is 5.08. The highest BCUT2D eigenvalue weighted by Crippen LogP contribution is 2.36. The third-order valence-electron chi connectivity index (χ3n) is 5.90. The minimum atomic E-state index is -0.262. The second-order valence-corrected chi connectivity index (χ2v) is 8.04. The average molecular weight is 526 g/mol. The zero-order chi connectivity index (χ0) is 20.4. The zero-order valence-corrected chi connectivity index (χ0v) is 19.7. The maximum absolute atomic E-state index is 13.2. The van der Waals surface area contributed by atoms with E-state index in [9.17, 15) is 9.18 Å². The molecule has 30 heavy (non-hydrogen) atoms. The number of carbonyl (C=O) groups is 1. The molecule has 9 heteroatoms. The van der Waals surface area contributed by atoms with Crippen molar-refractivity contribution in [2.45, 2.75) is 32.7 Å². The van der Waals surface area contributed by atoms with Crippen molar-refractivity contribution < 1.29 is 9.18 Å². The summed E-state index contributed by atoms with van der Waals surface area (Å²) in [5.74, 6) is 0.734. The highest BCUT2D eigenvalue weighted by molar-refractivity contribution is 14.0. The molecule has 1 aromatic heterocycles. The van der Waals surface area contributed by atoms with Gasteiger partial charge in [-0.15, -0.1) is 24.0 Å². The summed E-state index contributed by atoms with van der Waals surface area (Å²) in [4.78, 5) is 18.5. The van der Waals surface area contributed by atoms with Crippen LogP contribution >= 0.6 is 24.0 Å². The van der Waals surface area contributed by atoms with E-state index in [4.69, 9.17) is 0 Å². The number of nitrogens with one attached hydrogen (secondary N) is 2. The average Bonchev–Trinajstić information content (AvgIpc) is 3.25. The predicted octanol–water partition coefficient (Wildman–Crippen LogP) is 2.62. The molecule has 0 bridgehead atoms.